The molecule has 2 unspecified atom stereocenters. The van der Waals surface area contributed by atoms with Crippen molar-refractivity contribution in [2.75, 3.05) is 0 Å². The van der Waals surface area contributed by atoms with Crippen LogP contribution in [0.4, 0.5) is 4.79 Å². The van der Waals surface area contributed by atoms with Gasteiger partial charge in [0.25, 0.3) is 0 Å². The normalized spacial score (nSPS) is 19.8. The Hall–Kier alpha value is -1.28. The summed E-state index contributed by atoms with van der Waals surface area (Å²) in [7, 11) is 0. The van der Waals surface area contributed by atoms with Gasteiger partial charge >= 0.3 is 37.2 Å². The third-order valence-corrected chi connectivity index (χ3v) is 3.64. The van der Waals surface area contributed by atoms with Crippen LogP contribution in [0.5, 0.6) is 0 Å². The van der Waals surface area contributed by atoms with E-state index in [4.69, 9.17) is 16.3 Å². The number of hydrogen-bond donors (Lipinski definition) is 1. The van der Waals surface area contributed by atoms with Gasteiger partial charge in [-0.25, -0.2) is 4.79 Å². The van der Waals surface area contributed by atoms with Gasteiger partial charge in [-0.3, -0.25) is 0 Å². The van der Waals surface area contributed by atoms with Crippen LogP contribution in [0.25, 0.3) is 6.08 Å². The van der Waals surface area contributed by atoms with Crippen molar-refractivity contribution in [2.24, 2.45) is 5.92 Å². The van der Waals surface area contributed by atoms with Crippen molar-refractivity contribution in [3.63, 3.8) is 0 Å². The van der Waals surface area contributed by atoms with Crippen molar-refractivity contribution < 1.29 is 45.4 Å². The second kappa shape index (κ2) is 10.2. The Labute approximate surface area is 183 Å². The molecular formula is C20H20ClNO3U. The summed E-state index contributed by atoms with van der Waals surface area (Å²) >= 11 is 6.09. The molecule has 134 valence electrons. The van der Waals surface area contributed by atoms with Gasteiger partial charge in [-0.1, -0.05) is 23.8 Å². The van der Waals surface area contributed by atoms with Gasteiger partial charge in [-0.15, -0.1) is 42.0 Å². The molecule has 0 saturated heterocycles. The van der Waals surface area contributed by atoms with Crippen molar-refractivity contribution in [1.29, 1.82) is 0 Å². The van der Waals surface area contributed by atoms with E-state index in [1.165, 1.54) is 0 Å². The zero-order valence-corrected chi connectivity index (χ0v) is 19.8. The Morgan fingerprint density at radius 3 is 2.69 bits per heavy atom. The summed E-state index contributed by atoms with van der Waals surface area (Å²) in [4.78, 5) is 23.6. The van der Waals surface area contributed by atoms with Crippen molar-refractivity contribution in [3.8, 4) is 0 Å². The molecule has 1 aromatic carbocycles. The van der Waals surface area contributed by atoms with Gasteiger partial charge in [0.05, 0.1) is 6.04 Å². The van der Waals surface area contributed by atoms with Crippen LogP contribution >= 0.6 is 11.6 Å². The van der Waals surface area contributed by atoms with Crippen molar-refractivity contribution in [1.82, 2.24) is 5.32 Å². The number of allylic oxidation sites excluding steroid dienone is 2. The number of rotatable bonds is 4. The molecule has 6 heteroatoms. The van der Waals surface area contributed by atoms with Gasteiger partial charge in [-0.2, -0.15) is 5.56 Å². The Kier molecular flexibility index (Phi) is 8.89. The smallest absolute Gasteiger partial charge is 0.444 e. The van der Waals surface area contributed by atoms with E-state index in [1.807, 2.05) is 24.5 Å². The summed E-state index contributed by atoms with van der Waals surface area (Å²) in [5, 5.41) is 3.26. The molecule has 0 bridgehead atoms. The zero-order valence-electron chi connectivity index (χ0n) is 14.9. The fourth-order valence-electron chi connectivity index (χ4n) is 2.37. The third-order valence-electron chi connectivity index (χ3n) is 3.39. The quantitative estimate of drug-likeness (QED) is 0.420. The van der Waals surface area contributed by atoms with E-state index in [1.54, 1.807) is 51.1 Å². The van der Waals surface area contributed by atoms with Crippen LogP contribution in [0.15, 0.2) is 53.1 Å². The molecule has 4 nitrogen and oxygen atoms in total. The van der Waals surface area contributed by atoms with Crippen LogP contribution in [0.1, 0.15) is 26.3 Å². The van der Waals surface area contributed by atoms with Crippen LogP contribution in [-0.2, 0) is 9.53 Å². The van der Waals surface area contributed by atoms with E-state index in [0.29, 0.717) is 10.6 Å². The fraction of sp³-hybridized carbons (Fsp3) is 0.300. The molecule has 1 aliphatic carbocycles. The van der Waals surface area contributed by atoms with Crippen LogP contribution in [0.3, 0.4) is 0 Å². The minimum atomic E-state index is -0.611. The summed E-state index contributed by atoms with van der Waals surface area (Å²) in [5.41, 5.74) is 0.502. The number of amides is 1. The molecule has 2 rings (SSSR count). The predicted molar refractivity (Wildman–Crippen MR) is 98.7 cm³/mol. The molecular weight excluding hydrogens is 576 g/mol. The molecule has 26 heavy (non-hydrogen) atoms. The Balaban J connectivity index is 0.00000338. The molecule has 0 saturated carbocycles. The van der Waals surface area contributed by atoms with E-state index >= 15 is 0 Å². The van der Waals surface area contributed by atoms with Gasteiger partial charge in [0.2, 0.25) is 0 Å². The number of ether oxygens (including phenoxy) is 1. The molecule has 0 spiro atoms. The summed E-state index contributed by atoms with van der Waals surface area (Å²) in [5.74, 6) is -0.448. The number of carbonyl (C=O) groups is 1. The Morgan fingerprint density at radius 2 is 2.12 bits per heavy atom. The first-order chi connectivity index (χ1) is 11.8. The first-order valence-electron chi connectivity index (χ1n) is 7.90. The van der Waals surface area contributed by atoms with Gasteiger partial charge in [-0.05, 0) is 33.1 Å². The van der Waals surface area contributed by atoms with Crippen molar-refractivity contribution >= 4 is 30.1 Å². The largest absolute Gasteiger partial charge is 2.00 e. The second-order valence-electron chi connectivity index (χ2n) is 6.63. The number of carbonyl (C=O) groups excluding carboxylic acids is 2. The van der Waals surface area contributed by atoms with Crippen LogP contribution in [-0.4, -0.2) is 24.0 Å². The number of nitrogens with one attached hydrogen (secondary N) is 1. The molecule has 1 aromatic rings. The number of hydrogen-bond acceptors (Lipinski definition) is 3. The van der Waals surface area contributed by atoms with Gasteiger partial charge in [0.1, 0.15) is 5.60 Å². The minimum Gasteiger partial charge on any atom is -0.444 e. The molecule has 1 amide bonds. The summed E-state index contributed by atoms with van der Waals surface area (Å²) in [6, 6.07) is 9.85. The molecule has 0 heterocycles. The molecule has 0 aliphatic heterocycles. The maximum atomic E-state index is 12.1. The average molecular weight is 596 g/mol. The SMILES string of the molecule is CC(C)(C)OC(=O)NC1C=CC(Cl)=CC1C([C-]=O)=Cc1[c-]cccc1.[U+2]. The second-order valence-corrected chi connectivity index (χ2v) is 7.06. The number of alkyl carbamates (subject to hydrolysis) is 1. The van der Waals surface area contributed by atoms with E-state index in [0.717, 1.165) is 5.56 Å². The molecule has 0 aromatic heterocycles. The summed E-state index contributed by atoms with van der Waals surface area (Å²) < 4.78 is 5.29. The van der Waals surface area contributed by atoms with E-state index in [-0.39, 0.29) is 31.1 Å². The van der Waals surface area contributed by atoms with E-state index in [9.17, 15) is 9.59 Å². The molecule has 2 atom stereocenters. The third kappa shape index (κ3) is 7.15. The minimum absolute atomic E-state index is 0. The van der Waals surface area contributed by atoms with Crippen LogP contribution in [0.2, 0.25) is 0 Å². The average Bonchev–Trinajstić information content (AvgIpc) is 2.53. The molecule has 0 radical (unpaired) electrons. The Morgan fingerprint density at radius 1 is 1.38 bits per heavy atom. The monoisotopic (exact) mass is 595 g/mol. The van der Waals surface area contributed by atoms with Gasteiger partial charge in [0.15, 0.2) is 0 Å². The molecule has 0 fully saturated rings. The topological polar surface area (TPSA) is 55.4 Å². The molecule has 1 N–H and O–H groups in total. The van der Waals surface area contributed by atoms with Crippen LogP contribution in [0, 0.1) is 43.1 Å². The number of benzene rings is 1. The van der Waals surface area contributed by atoms with Crippen LogP contribution < -0.4 is 5.32 Å². The maximum Gasteiger partial charge on any atom is 2.00 e. The number of halogens is 1. The summed E-state index contributed by atoms with van der Waals surface area (Å²) in [6.07, 6.45) is 8.20. The zero-order chi connectivity index (χ0) is 18.4. The maximum absolute atomic E-state index is 12.1. The Bertz CT molecular complexity index is 720. The first-order valence-corrected chi connectivity index (χ1v) is 8.28. The van der Waals surface area contributed by atoms with Crippen molar-refractivity contribution in [2.45, 2.75) is 32.4 Å². The molecule has 1 aliphatic rings. The first kappa shape index (κ1) is 22.8. The predicted octanol–water partition coefficient (Wildman–Crippen LogP) is 4.18. The van der Waals surface area contributed by atoms with Gasteiger partial charge in [0, 0.05) is 11.0 Å². The van der Waals surface area contributed by atoms with Gasteiger partial charge < -0.3 is 14.8 Å². The van der Waals surface area contributed by atoms with Crippen molar-refractivity contribution in [3.05, 3.63) is 64.7 Å². The fourth-order valence-corrected chi connectivity index (χ4v) is 2.58. The van der Waals surface area contributed by atoms with E-state index in [2.05, 4.69) is 11.4 Å². The van der Waals surface area contributed by atoms with E-state index < -0.39 is 23.7 Å². The standard InChI is InChI=1S/C20H20ClNO3.U/c1-20(2,3)25-19(24)22-18-10-9-16(21)12-17(18)15(13-23)11-14-7-5-4-6-8-14;/h4-7,9-12,17-18H,1-3H3,(H,22,24);/q-2;+2. The summed E-state index contributed by atoms with van der Waals surface area (Å²) in [6.45, 7) is 5.36.